The first kappa shape index (κ1) is 23.5. The van der Waals surface area contributed by atoms with Crippen LogP contribution in [-0.2, 0) is 13.5 Å². The predicted octanol–water partition coefficient (Wildman–Crippen LogP) is 9.50. The Kier molecular flexibility index (Phi) is 5.09. The molecule has 0 fully saturated rings. The van der Waals surface area contributed by atoms with Crippen LogP contribution in [0.2, 0.25) is 0 Å². The third-order valence-electron chi connectivity index (χ3n) is 8.09. The highest BCUT2D eigenvalue weighted by Gasteiger charge is 2.26. The van der Waals surface area contributed by atoms with Gasteiger partial charge in [0.25, 0.3) is 0 Å². The molecule has 0 atom stereocenters. The lowest BCUT2D eigenvalue weighted by molar-refractivity contribution is -0.659. The smallest absolute Gasteiger partial charge is 0.224 e. The minimum Gasteiger partial charge on any atom is -0.456 e. The molecule has 3 aromatic heterocycles. The van der Waals surface area contributed by atoms with Crippen LogP contribution in [-0.4, -0.2) is 0 Å². The van der Waals surface area contributed by atoms with Crippen LogP contribution in [0.5, 0.6) is 0 Å². The molecule has 7 rings (SSSR count). The average Bonchev–Trinajstić information content (AvgIpc) is 3.46. The number of pyridine rings is 1. The van der Waals surface area contributed by atoms with Gasteiger partial charge in [-0.3, -0.25) is 0 Å². The van der Waals surface area contributed by atoms with Crippen LogP contribution in [0.1, 0.15) is 30.5 Å². The first-order valence-corrected chi connectivity index (χ1v) is 13.4. The fraction of sp³-hybridized carbons (Fsp3) is 0.200. The van der Waals surface area contributed by atoms with Gasteiger partial charge in [-0.15, -0.1) is 0 Å². The van der Waals surface area contributed by atoms with E-state index in [1.54, 1.807) is 0 Å². The zero-order chi connectivity index (χ0) is 27.0. The molecule has 0 amide bonds. The molecule has 0 aliphatic heterocycles. The maximum absolute atomic E-state index is 7.44. The summed E-state index contributed by atoms with van der Waals surface area (Å²) in [5.41, 5.74) is 9.87. The molecule has 0 aliphatic carbocycles. The molecule has 4 heteroatoms. The van der Waals surface area contributed by atoms with E-state index in [1.807, 2.05) is 18.2 Å². The monoisotopic (exact) mass is 509 g/mol. The summed E-state index contributed by atoms with van der Waals surface area (Å²) in [6.45, 7) is 16.2. The van der Waals surface area contributed by atoms with Crippen molar-refractivity contribution in [3.63, 3.8) is 0 Å². The van der Waals surface area contributed by atoms with Crippen LogP contribution in [0.3, 0.4) is 0 Å². The molecule has 4 aromatic carbocycles. The summed E-state index contributed by atoms with van der Waals surface area (Å²) in [6.07, 6.45) is 3.15. The SMILES string of the molecule is [C-]#[N+]c1ccc2c(c1)oc1c(-c3c4ccc5c6ccc(CC(C)C)cc6oc5c4cc[n+]3C)c(C)c(C)cc12. The molecule has 0 N–H and O–H groups in total. The summed E-state index contributed by atoms with van der Waals surface area (Å²) in [7, 11) is 2.09. The number of nitrogens with zero attached hydrogens (tertiary/aromatic N) is 2. The second-order valence-corrected chi connectivity index (χ2v) is 11.2. The fourth-order valence-electron chi connectivity index (χ4n) is 6.12. The fourth-order valence-corrected chi connectivity index (χ4v) is 6.12. The van der Waals surface area contributed by atoms with E-state index in [0.29, 0.717) is 11.6 Å². The number of aryl methyl sites for hydroxylation is 2. The van der Waals surface area contributed by atoms with Crippen LogP contribution in [0.4, 0.5) is 5.69 Å². The molecule has 4 nitrogen and oxygen atoms in total. The number of hydrogen-bond acceptors (Lipinski definition) is 2. The van der Waals surface area contributed by atoms with Crippen LogP contribution in [0, 0.1) is 26.3 Å². The summed E-state index contributed by atoms with van der Waals surface area (Å²) in [5, 5.41) is 6.58. The van der Waals surface area contributed by atoms with E-state index in [0.717, 1.165) is 72.3 Å². The molecule has 0 saturated heterocycles. The summed E-state index contributed by atoms with van der Waals surface area (Å²) in [4.78, 5) is 3.60. The van der Waals surface area contributed by atoms with Gasteiger partial charge in [0, 0.05) is 33.0 Å². The molecular formula is C35H29N2O2+. The highest BCUT2D eigenvalue weighted by atomic mass is 16.3. The summed E-state index contributed by atoms with van der Waals surface area (Å²) < 4.78 is 15.3. The van der Waals surface area contributed by atoms with Crippen molar-refractivity contribution >= 4 is 60.3 Å². The van der Waals surface area contributed by atoms with Crippen LogP contribution in [0.25, 0.3) is 70.8 Å². The minimum absolute atomic E-state index is 0.580. The second-order valence-electron chi connectivity index (χ2n) is 11.2. The van der Waals surface area contributed by atoms with E-state index in [4.69, 9.17) is 15.4 Å². The Morgan fingerprint density at radius 3 is 2.23 bits per heavy atom. The first-order chi connectivity index (χ1) is 18.8. The molecule has 0 saturated carbocycles. The van der Waals surface area contributed by atoms with Gasteiger partial charge in [0.15, 0.2) is 11.9 Å². The van der Waals surface area contributed by atoms with Crippen molar-refractivity contribution in [2.75, 3.05) is 0 Å². The number of benzene rings is 4. The quantitative estimate of drug-likeness (QED) is 0.176. The maximum atomic E-state index is 7.44. The predicted molar refractivity (Wildman–Crippen MR) is 159 cm³/mol. The number of aromatic nitrogens is 1. The molecule has 0 unspecified atom stereocenters. The topological polar surface area (TPSA) is 34.5 Å². The van der Waals surface area contributed by atoms with Gasteiger partial charge in [0.1, 0.15) is 29.4 Å². The lowest BCUT2D eigenvalue weighted by Crippen LogP contribution is -2.30. The Bertz CT molecular complexity index is 2170. The third-order valence-corrected chi connectivity index (χ3v) is 8.09. The van der Waals surface area contributed by atoms with Gasteiger partial charge in [0.05, 0.1) is 17.5 Å². The average molecular weight is 510 g/mol. The molecule has 3 heterocycles. The van der Waals surface area contributed by atoms with E-state index < -0.39 is 0 Å². The van der Waals surface area contributed by atoms with Crippen molar-refractivity contribution in [3.8, 4) is 11.3 Å². The second kappa shape index (κ2) is 8.44. The van der Waals surface area contributed by atoms with Crippen LogP contribution >= 0.6 is 0 Å². The minimum atomic E-state index is 0.580. The Hall–Kier alpha value is -4.62. The van der Waals surface area contributed by atoms with Gasteiger partial charge in [-0.05, 0) is 73.2 Å². The number of rotatable bonds is 3. The van der Waals surface area contributed by atoms with Gasteiger partial charge >= 0.3 is 0 Å². The molecule has 0 radical (unpaired) electrons. The lowest BCUT2D eigenvalue weighted by Gasteiger charge is -2.11. The largest absolute Gasteiger partial charge is 0.456 e. The summed E-state index contributed by atoms with van der Waals surface area (Å²) in [6, 6.07) is 21.1. The normalized spacial score (nSPS) is 12.0. The third kappa shape index (κ3) is 3.47. The number of hydrogen-bond donors (Lipinski definition) is 0. The van der Waals surface area contributed by atoms with E-state index >= 15 is 0 Å². The molecular weight excluding hydrogens is 480 g/mol. The zero-order valence-electron chi connectivity index (χ0n) is 22.8. The van der Waals surface area contributed by atoms with Gasteiger partial charge in [-0.1, -0.05) is 38.1 Å². The molecule has 39 heavy (non-hydrogen) atoms. The summed E-state index contributed by atoms with van der Waals surface area (Å²) in [5.74, 6) is 0.593. The highest BCUT2D eigenvalue weighted by molar-refractivity contribution is 6.18. The van der Waals surface area contributed by atoms with Crippen molar-refractivity contribution in [3.05, 3.63) is 95.0 Å². The van der Waals surface area contributed by atoms with Crippen molar-refractivity contribution in [2.45, 2.75) is 34.1 Å². The summed E-state index contributed by atoms with van der Waals surface area (Å²) >= 11 is 0. The van der Waals surface area contributed by atoms with Crippen LogP contribution in [0.15, 0.2) is 75.7 Å². The number of furan rings is 2. The van der Waals surface area contributed by atoms with Gasteiger partial charge in [-0.2, -0.15) is 0 Å². The van der Waals surface area contributed by atoms with E-state index in [2.05, 4.69) is 92.8 Å². The van der Waals surface area contributed by atoms with E-state index in [-0.39, 0.29) is 0 Å². The molecule has 190 valence electrons. The Morgan fingerprint density at radius 2 is 1.44 bits per heavy atom. The van der Waals surface area contributed by atoms with Crippen molar-refractivity contribution in [2.24, 2.45) is 13.0 Å². The standard InChI is InChI=1S/C35H29N2O2/c1-19(2)15-22-7-9-24-27-12-11-26-28(34(27)38-30(24)17-22)13-14-37(6)33(26)32-21(4)20(3)16-29-25-10-8-23(36-5)18-31(25)39-35(29)32/h7-14,16-19H,15H2,1-4,6H3/q+1. The first-order valence-electron chi connectivity index (χ1n) is 13.4. The number of fused-ring (bicyclic) bond motifs is 8. The molecule has 0 bridgehead atoms. The molecule has 0 spiro atoms. The zero-order valence-corrected chi connectivity index (χ0v) is 22.8. The van der Waals surface area contributed by atoms with Gasteiger partial charge in [-0.25, -0.2) is 9.41 Å². The lowest BCUT2D eigenvalue weighted by atomic mass is 9.93. The Balaban J connectivity index is 1.55. The Labute approximate surface area is 226 Å². The van der Waals surface area contributed by atoms with Crippen molar-refractivity contribution in [1.82, 2.24) is 0 Å². The van der Waals surface area contributed by atoms with Gasteiger partial charge < -0.3 is 8.83 Å². The van der Waals surface area contributed by atoms with Gasteiger partial charge in [0.2, 0.25) is 5.69 Å². The Morgan fingerprint density at radius 1 is 0.769 bits per heavy atom. The maximum Gasteiger partial charge on any atom is 0.224 e. The van der Waals surface area contributed by atoms with Crippen LogP contribution < -0.4 is 4.57 Å². The molecule has 7 aromatic rings. The van der Waals surface area contributed by atoms with Crippen molar-refractivity contribution in [1.29, 1.82) is 0 Å². The van der Waals surface area contributed by atoms with E-state index in [1.165, 1.54) is 16.7 Å². The van der Waals surface area contributed by atoms with E-state index in [9.17, 15) is 0 Å². The molecule has 0 aliphatic rings. The van der Waals surface area contributed by atoms with Crippen molar-refractivity contribution < 1.29 is 13.4 Å². The highest BCUT2D eigenvalue weighted by Crippen LogP contribution is 2.43.